The summed E-state index contributed by atoms with van der Waals surface area (Å²) in [5.74, 6) is 0.397. The Hall–Kier alpha value is -0.210. The van der Waals surface area contributed by atoms with Gasteiger partial charge in [-0.3, -0.25) is 0 Å². The fourth-order valence-corrected chi connectivity index (χ4v) is 4.66. The van der Waals surface area contributed by atoms with E-state index in [1.54, 1.807) is 0 Å². The molecule has 2 N–H and O–H groups in total. The summed E-state index contributed by atoms with van der Waals surface area (Å²) in [6.07, 6.45) is 4.26. The number of nitrogens with zero attached hydrogens (tertiary/aromatic N) is 2. The monoisotopic (exact) mass is 319 g/mol. The third-order valence-corrected chi connectivity index (χ3v) is 6.01. The molecule has 6 nitrogen and oxygen atoms in total. The summed E-state index contributed by atoms with van der Waals surface area (Å²) in [6, 6.07) is 0. The summed E-state index contributed by atoms with van der Waals surface area (Å²) in [7, 11) is -3.40. The number of hydrogen-bond donors (Lipinski definition) is 2. The Balaban J connectivity index is 1.77. The molecule has 2 fully saturated rings. The first kappa shape index (κ1) is 17.1. The molecule has 2 aliphatic rings. The lowest BCUT2D eigenvalue weighted by Crippen LogP contribution is -2.48. The van der Waals surface area contributed by atoms with Crippen LogP contribution in [0.15, 0.2) is 0 Å². The lowest BCUT2D eigenvalue weighted by atomic mass is 10.0. The van der Waals surface area contributed by atoms with Gasteiger partial charge in [-0.15, -0.1) is 0 Å². The highest BCUT2D eigenvalue weighted by atomic mass is 32.2. The first-order valence-corrected chi connectivity index (χ1v) is 9.53. The van der Waals surface area contributed by atoms with Crippen LogP contribution in [-0.2, 0) is 10.2 Å². The largest absolute Gasteiger partial charge is 0.396 e. The molecule has 2 rings (SSSR count). The van der Waals surface area contributed by atoms with E-state index in [2.05, 4.69) is 16.5 Å². The Kier molecular flexibility index (Phi) is 6.43. The number of aliphatic hydroxyl groups is 1. The second kappa shape index (κ2) is 7.87. The van der Waals surface area contributed by atoms with Crippen molar-refractivity contribution in [1.29, 1.82) is 0 Å². The van der Waals surface area contributed by atoms with Crippen LogP contribution in [0.4, 0.5) is 0 Å². The Bertz CT molecular complexity index is 410. The average Bonchev–Trinajstić information content (AvgIpc) is 2.98. The molecule has 0 saturated carbocycles. The van der Waals surface area contributed by atoms with E-state index in [1.165, 1.54) is 17.1 Å². The van der Waals surface area contributed by atoms with Crippen LogP contribution in [0.2, 0.25) is 0 Å². The van der Waals surface area contributed by atoms with E-state index in [0.29, 0.717) is 25.6 Å². The van der Waals surface area contributed by atoms with E-state index in [-0.39, 0.29) is 12.5 Å². The fraction of sp³-hybridized carbons (Fsp3) is 1.00. The zero-order valence-corrected chi connectivity index (χ0v) is 13.8. The maximum Gasteiger partial charge on any atom is 0.279 e. The summed E-state index contributed by atoms with van der Waals surface area (Å²) in [6.45, 7) is 6.88. The predicted molar refractivity (Wildman–Crippen MR) is 83.1 cm³/mol. The third kappa shape index (κ3) is 5.17. The Morgan fingerprint density at radius 2 is 1.95 bits per heavy atom. The lowest BCUT2D eigenvalue weighted by molar-refractivity contribution is 0.164. The van der Waals surface area contributed by atoms with Crippen LogP contribution in [0.5, 0.6) is 0 Å². The summed E-state index contributed by atoms with van der Waals surface area (Å²) in [5, 5.41) is 9.20. The van der Waals surface area contributed by atoms with Crippen molar-refractivity contribution in [3.8, 4) is 0 Å². The fourth-order valence-electron chi connectivity index (χ4n) is 3.20. The number of likely N-dealkylation sites (tertiary alicyclic amines) is 1. The van der Waals surface area contributed by atoms with Crippen LogP contribution in [-0.4, -0.2) is 68.6 Å². The number of piperidine rings is 1. The first-order valence-electron chi connectivity index (χ1n) is 8.09. The highest BCUT2D eigenvalue weighted by Crippen LogP contribution is 2.18. The molecular weight excluding hydrogens is 290 g/mol. The van der Waals surface area contributed by atoms with Crippen molar-refractivity contribution in [1.82, 2.24) is 13.9 Å². The molecule has 2 atom stereocenters. The first-order chi connectivity index (χ1) is 10.0. The van der Waals surface area contributed by atoms with E-state index in [1.807, 2.05) is 0 Å². The third-order valence-electron chi connectivity index (χ3n) is 4.46. The van der Waals surface area contributed by atoms with Crippen LogP contribution in [0.3, 0.4) is 0 Å². The Morgan fingerprint density at radius 3 is 2.62 bits per heavy atom. The second-order valence-corrected chi connectivity index (χ2v) is 8.27. The van der Waals surface area contributed by atoms with Gasteiger partial charge < -0.3 is 10.0 Å². The molecule has 0 aromatic heterocycles. The molecule has 2 heterocycles. The van der Waals surface area contributed by atoms with Crippen LogP contribution < -0.4 is 4.72 Å². The lowest BCUT2D eigenvalue weighted by Gasteiger charge is -2.31. The van der Waals surface area contributed by atoms with Crippen molar-refractivity contribution in [2.24, 2.45) is 11.8 Å². The molecule has 7 heteroatoms. The van der Waals surface area contributed by atoms with Crippen molar-refractivity contribution in [2.75, 3.05) is 45.9 Å². The molecule has 2 unspecified atom stereocenters. The summed E-state index contributed by atoms with van der Waals surface area (Å²) >= 11 is 0. The standard InChI is InChI=1S/C14H29N3O3S/c1-13(10-16-6-2-3-7-16)9-15-21(19,20)17-8-4-5-14(11-17)12-18/h13-15,18H,2-12H2,1H3. The van der Waals surface area contributed by atoms with Crippen molar-refractivity contribution in [3.63, 3.8) is 0 Å². The van der Waals surface area contributed by atoms with Gasteiger partial charge in [0.2, 0.25) is 0 Å². The molecule has 21 heavy (non-hydrogen) atoms. The van der Waals surface area contributed by atoms with E-state index < -0.39 is 10.2 Å². The Labute approximate surface area is 128 Å². The maximum absolute atomic E-state index is 12.3. The van der Waals surface area contributed by atoms with Crippen molar-refractivity contribution >= 4 is 10.2 Å². The molecule has 2 saturated heterocycles. The summed E-state index contributed by atoms with van der Waals surface area (Å²) in [4.78, 5) is 2.40. The van der Waals surface area contributed by atoms with Crippen molar-refractivity contribution < 1.29 is 13.5 Å². The van der Waals surface area contributed by atoms with Gasteiger partial charge in [0.1, 0.15) is 0 Å². The van der Waals surface area contributed by atoms with Gasteiger partial charge in [-0.25, -0.2) is 4.72 Å². The van der Waals surface area contributed by atoms with E-state index in [9.17, 15) is 13.5 Å². The van der Waals surface area contributed by atoms with Crippen LogP contribution in [0, 0.1) is 11.8 Å². The number of aliphatic hydroxyl groups excluding tert-OH is 1. The molecule has 2 aliphatic heterocycles. The Morgan fingerprint density at radius 1 is 1.24 bits per heavy atom. The van der Waals surface area contributed by atoms with Crippen LogP contribution >= 0.6 is 0 Å². The molecule has 0 amide bonds. The predicted octanol–water partition coefficient (Wildman–Crippen LogP) is 0.257. The van der Waals surface area contributed by atoms with E-state index in [0.717, 1.165) is 32.5 Å². The van der Waals surface area contributed by atoms with Gasteiger partial charge in [0.05, 0.1) is 0 Å². The molecule has 0 bridgehead atoms. The van der Waals surface area contributed by atoms with Gasteiger partial charge in [-0.2, -0.15) is 12.7 Å². The molecule has 0 aromatic carbocycles. The highest BCUT2D eigenvalue weighted by molar-refractivity contribution is 7.87. The minimum absolute atomic E-state index is 0.0668. The molecule has 0 aliphatic carbocycles. The van der Waals surface area contributed by atoms with Gasteiger partial charge in [-0.05, 0) is 50.6 Å². The van der Waals surface area contributed by atoms with E-state index >= 15 is 0 Å². The maximum atomic E-state index is 12.3. The molecular formula is C14H29N3O3S. The van der Waals surface area contributed by atoms with Gasteiger partial charge in [0.25, 0.3) is 10.2 Å². The van der Waals surface area contributed by atoms with Gasteiger partial charge in [0.15, 0.2) is 0 Å². The number of nitrogens with one attached hydrogen (secondary N) is 1. The molecule has 0 aromatic rings. The van der Waals surface area contributed by atoms with Crippen molar-refractivity contribution in [2.45, 2.75) is 32.6 Å². The van der Waals surface area contributed by atoms with Gasteiger partial charge >= 0.3 is 0 Å². The zero-order valence-electron chi connectivity index (χ0n) is 13.0. The van der Waals surface area contributed by atoms with Crippen molar-refractivity contribution in [3.05, 3.63) is 0 Å². The zero-order chi connectivity index (χ0) is 15.3. The SMILES string of the molecule is CC(CNS(=O)(=O)N1CCCC(CO)C1)CN1CCCC1. The second-order valence-electron chi connectivity index (χ2n) is 6.52. The number of hydrogen-bond acceptors (Lipinski definition) is 4. The van der Waals surface area contributed by atoms with Gasteiger partial charge in [0, 0.05) is 32.8 Å². The summed E-state index contributed by atoms with van der Waals surface area (Å²) < 4.78 is 28.8. The van der Waals surface area contributed by atoms with E-state index in [4.69, 9.17) is 0 Å². The quantitative estimate of drug-likeness (QED) is 0.706. The van der Waals surface area contributed by atoms with Gasteiger partial charge in [-0.1, -0.05) is 6.92 Å². The molecule has 0 spiro atoms. The normalized spacial score (nSPS) is 27.0. The minimum atomic E-state index is -3.40. The number of rotatable bonds is 7. The van der Waals surface area contributed by atoms with Crippen LogP contribution in [0.1, 0.15) is 32.6 Å². The minimum Gasteiger partial charge on any atom is -0.396 e. The molecule has 124 valence electrons. The summed E-state index contributed by atoms with van der Waals surface area (Å²) in [5.41, 5.74) is 0. The highest BCUT2D eigenvalue weighted by Gasteiger charge is 2.28. The van der Waals surface area contributed by atoms with Crippen LogP contribution in [0.25, 0.3) is 0 Å². The average molecular weight is 319 g/mol. The topological polar surface area (TPSA) is 72.9 Å². The smallest absolute Gasteiger partial charge is 0.279 e. The molecule has 0 radical (unpaired) electrons.